The van der Waals surface area contributed by atoms with Gasteiger partial charge in [0.05, 0.1) is 12.3 Å². The second-order valence-electron chi connectivity index (χ2n) is 4.41. The Morgan fingerprint density at radius 2 is 2.33 bits per heavy atom. The quantitative estimate of drug-likeness (QED) is 0.809. The number of likely N-dealkylation sites (N-methyl/N-ethyl adjacent to an activating group) is 2. The highest BCUT2D eigenvalue weighted by Gasteiger charge is 2.23. The number of nitrogens with one attached hydrogen (secondary N) is 1. The molecule has 98 valence electrons. The normalized spacial score (nSPS) is 16.2. The summed E-state index contributed by atoms with van der Waals surface area (Å²) in [5.41, 5.74) is 1.76. The Morgan fingerprint density at radius 1 is 1.56 bits per heavy atom. The second-order valence-corrected chi connectivity index (χ2v) is 4.41. The molecule has 1 heterocycles. The number of benzene rings is 1. The van der Waals surface area contributed by atoms with Crippen molar-refractivity contribution in [1.82, 2.24) is 5.32 Å². The van der Waals surface area contributed by atoms with Crippen molar-refractivity contribution in [2.24, 2.45) is 0 Å². The van der Waals surface area contributed by atoms with E-state index >= 15 is 0 Å². The topological polar surface area (TPSA) is 61.8 Å². The number of fused-ring (bicyclic) bond motifs is 1. The number of amides is 1. The summed E-state index contributed by atoms with van der Waals surface area (Å²) in [7, 11) is 3.58. The molecule has 5 heteroatoms. The standard InChI is InChI=1S/C13H18N2O3/c1-14-6-10(7-16)9-3-4-12-11(5-9)15(2)13(17)8-18-12/h3-5,10,14,16H,6-8H2,1-2H3. The smallest absolute Gasteiger partial charge is 0.264 e. The molecule has 1 aromatic carbocycles. The van der Waals surface area contributed by atoms with Crippen molar-refractivity contribution in [3.63, 3.8) is 0 Å². The van der Waals surface area contributed by atoms with Gasteiger partial charge in [-0.1, -0.05) is 6.07 Å². The van der Waals surface area contributed by atoms with Crippen LogP contribution in [0.25, 0.3) is 0 Å². The SMILES string of the molecule is CNCC(CO)c1ccc2c(c1)N(C)C(=O)CO2. The molecular formula is C13H18N2O3. The van der Waals surface area contributed by atoms with Crippen LogP contribution in [0, 0.1) is 0 Å². The van der Waals surface area contributed by atoms with Crippen LogP contribution < -0.4 is 15.0 Å². The number of aliphatic hydroxyl groups is 1. The Labute approximate surface area is 106 Å². The van der Waals surface area contributed by atoms with Crippen LogP contribution in [-0.2, 0) is 4.79 Å². The number of nitrogens with zero attached hydrogens (tertiary/aromatic N) is 1. The molecule has 5 nitrogen and oxygen atoms in total. The summed E-state index contributed by atoms with van der Waals surface area (Å²) in [6, 6.07) is 5.69. The van der Waals surface area contributed by atoms with Crippen LogP contribution in [0.15, 0.2) is 18.2 Å². The third kappa shape index (κ3) is 2.32. The highest BCUT2D eigenvalue weighted by Crippen LogP contribution is 2.33. The zero-order valence-corrected chi connectivity index (χ0v) is 10.6. The van der Waals surface area contributed by atoms with Crippen LogP contribution in [0.3, 0.4) is 0 Å². The van der Waals surface area contributed by atoms with Crippen LogP contribution in [-0.4, -0.2) is 44.9 Å². The monoisotopic (exact) mass is 250 g/mol. The van der Waals surface area contributed by atoms with E-state index in [2.05, 4.69) is 5.32 Å². The van der Waals surface area contributed by atoms with Gasteiger partial charge in [-0.05, 0) is 24.7 Å². The fraction of sp³-hybridized carbons (Fsp3) is 0.462. The number of carbonyl (C=O) groups excluding carboxylic acids is 1. The maximum atomic E-state index is 11.6. The van der Waals surface area contributed by atoms with Crippen LogP contribution in [0.1, 0.15) is 11.5 Å². The van der Waals surface area contributed by atoms with Gasteiger partial charge in [0, 0.05) is 19.5 Å². The summed E-state index contributed by atoms with van der Waals surface area (Å²) >= 11 is 0. The van der Waals surface area contributed by atoms with Crippen LogP contribution in [0.2, 0.25) is 0 Å². The van der Waals surface area contributed by atoms with Crippen molar-refractivity contribution >= 4 is 11.6 Å². The third-order valence-electron chi connectivity index (χ3n) is 3.21. The molecule has 1 unspecified atom stereocenters. The Bertz CT molecular complexity index is 448. The van der Waals surface area contributed by atoms with Gasteiger partial charge in [0.25, 0.3) is 5.91 Å². The van der Waals surface area contributed by atoms with Gasteiger partial charge < -0.3 is 20.1 Å². The van der Waals surface area contributed by atoms with Gasteiger partial charge in [-0.3, -0.25) is 4.79 Å². The van der Waals surface area contributed by atoms with E-state index in [0.29, 0.717) is 12.3 Å². The van der Waals surface area contributed by atoms with E-state index < -0.39 is 0 Å². The van der Waals surface area contributed by atoms with Gasteiger partial charge in [0.2, 0.25) is 0 Å². The number of hydrogen-bond donors (Lipinski definition) is 2. The molecule has 1 amide bonds. The average Bonchev–Trinajstić information content (AvgIpc) is 2.40. The van der Waals surface area contributed by atoms with Gasteiger partial charge in [-0.15, -0.1) is 0 Å². The first kappa shape index (κ1) is 12.9. The average molecular weight is 250 g/mol. The number of rotatable bonds is 4. The van der Waals surface area contributed by atoms with Crippen LogP contribution in [0.5, 0.6) is 5.75 Å². The lowest BCUT2D eigenvalue weighted by molar-refractivity contribution is -0.120. The maximum Gasteiger partial charge on any atom is 0.264 e. The van der Waals surface area contributed by atoms with E-state index in [1.807, 2.05) is 25.2 Å². The second kappa shape index (κ2) is 5.37. The van der Waals surface area contributed by atoms with E-state index in [-0.39, 0.29) is 25.0 Å². The van der Waals surface area contributed by atoms with E-state index in [0.717, 1.165) is 11.3 Å². The first-order chi connectivity index (χ1) is 8.67. The molecule has 0 radical (unpaired) electrons. The molecule has 2 N–H and O–H groups in total. The summed E-state index contributed by atoms with van der Waals surface area (Å²) in [6.07, 6.45) is 0. The Morgan fingerprint density at radius 3 is 3.00 bits per heavy atom. The molecular weight excluding hydrogens is 232 g/mol. The van der Waals surface area contributed by atoms with Gasteiger partial charge in [-0.25, -0.2) is 0 Å². The summed E-state index contributed by atoms with van der Waals surface area (Å²) in [6.45, 7) is 0.842. The van der Waals surface area contributed by atoms with Crippen LogP contribution >= 0.6 is 0 Å². The van der Waals surface area contributed by atoms with Gasteiger partial charge in [0.15, 0.2) is 6.61 Å². The lowest BCUT2D eigenvalue weighted by Crippen LogP contribution is -2.35. The van der Waals surface area contributed by atoms with Crippen molar-refractivity contribution in [1.29, 1.82) is 0 Å². The van der Waals surface area contributed by atoms with Crippen molar-refractivity contribution < 1.29 is 14.6 Å². The third-order valence-corrected chi connectivity index (χ3v) is 3.21. The molecule has 0 aliphatic carbocycles. The molecule has 0 fully saturated rings. The lowest BCUT2D eigenvalue weighted by Gasteiger charge is -2.27. The van der Waals surface area contributed by atoms with Gasteiger partial charge in [-0.2, -0.15) is 0 Å². The summed E-state index contributed by atoms with van der Waals surface area (Å²) in [5.74, 6) is 0.668. The number of anilines is 1. The number of aliphatic hydroxyl groups excluding tert-OH is 1. The number of carbonyl (C=O) groups is 1. The van der Waals surface area contributed by atoms with Crippen molar-refractivity contribution in [3.8, 4) is 5.75 Å². The summed E-state index contributed by atoms with van der Waals surface area (Å²) in [4.78, 5) is 13.2. The minimum absolute atomic E-state index is 0.0192. The predicted octanol–water partition coefficient (Wildman–Crippen LogP) is 0.337. The first-order valence-corrected chi connectivity index (χ1v) is 5.96. The Hall–Kier alpha value is -1.59. The number of hydrogen-bond acceptors (Lipinski definition) is 4. The van der Waals surface area contributed by atoms with Gasteiger partial charge in [0.1, 0.15) is 5.75 Å². The molecule has 1 aliphatic heterocycles. The minimum atomic E-state index is -0.0613. The van der Waals surface area contributed by atoms with E-state index in [1.54, 1.807) is 11.9 Å². The molecule has 1 atom stereocenters. The van der Waals surface area contributed by atoms with Crippen molar-refractivity contribution in [3.05, 3.63) is 23.8 Å². The summed E-state index contributed by atoms with van der Waals surface area (Å²) < 4.78 is 5.37. The first-order valence-electron chi connectivity index (χ1n) is 5.96. The molecule has 1 aliphatic rings. The highest BCUT2D eigenvalue weighted by atomic mass is 16.5. The predicted molar refractivity (Wildman–Crippen MR) is 69.1 cm³/mol. The zero-order valence-electron chi connectivity index (χ0n) is 10.6. The molecule has 2 rings (SSSR count). The molecule has 0 aromatic heterocycles. The van der Waals surface area contributed by atoms with E-state index in [4.69, 9.17) is 4.74 Å². The molecule has 0 saturated heterocycles. The molecule has 0 bridgehead atoms. The largest absolute Gasteiger partial charge is 0.482 e. The molecule has 18 heavy (non-hydrogen) atoms. The zero-order chi connectivity index (χ0) is 13.1. The highest BCUT2D eigenvalue weighted by molar-refractivity contribution is 5.97. The summed E-state index contributed by atoms with van der Waals surface area (Å²) in [5, 5.41) is 12.4. The molecule has 0 spiro atoms. The minimum Gasteiger partial charge on any atom is -0.482 e. The maximum absolute atomic E-state index is 11.6. The fourth-order valence-electron chi connectivity index (χ4n) is 2.08. The van der Waals surface area contributed by atoms with Crippen molar-refractivity contribution in [2.45, 2.75) is 5.92 Å². The lowest BCUT2D eigenvalue weighted by atomic mass is 9.98. The van der Waals surface area contributed by atoms with E-state index in [1.165, 1.54) is 0 Å². The number of ether oxygens (including phenoxy) is 1. The van der Waals surface area contributed by atoms with E-state index in [9.17, 15) is 9.90 Å². The Kier molecular flexibility index (Phi) is 3.84. The van der Waals surface area contributed by atoms with Crippen LogP contribution in [0.4, 0.5) is 5.69 Å². The molecule has 1 aromatic rings. The fourth-order valence-corrected chi connectivity index (χ4v) is 2.08. The van der Waals surface area contributed by atoms with Crippen molar-refractivity contribution in [2.75, 3.05) is 38.8 Å². The molecule has 0 saturated carbocycles. The van der Waals surface area contributed by atoms with Gasteiger partial charge >= 0.3 is 0 Å². The Balaban J connectivity index is 2.33.